The molecule has 3 heteroatoms. The fourth-order valence-electron chi connectivity index (χ4n) is 1.66. The van der Waals surface area contributed by atoms with Crippen molar-refractivity contribution in [3.8, 4) is 0 Å². The molecule has 0 atom stereocenters. The smallest absolute Gasteiger partial charge is 0.135 e. The molecule has 0 saturated carbocycles. The van der Waals surface area contributed by atoms with Crippen molar-refractivity contribution >= 4 is 5.71 Å². The normalized spacial score (nSPS) is 11.5. The van der Waals surface area contributed by atoms with Crippen LogP contribution in [0.25, 0.3) is 0 Å². The zero-order valence-electron chi connectivity index (χ0n) is 9.67. The molecule has 0 saturated heterocycles. The maximum Gasteiger partial charge on any atom is 0.135 e. The van der Waals surface area contributed by atoms with E-state index in [1.165, 1.54) is 5.56 Å². The van der Waals surface area contributed by atoms with Crippen molar-refractivity contribution in [2.45, 2.75) is 13.3 Å². The molecule has 0 aliphatic carbocycles. The number of rotatable bonds is 3. The van der Waals surface area contributed by atoms with E-state index < -0.39 is 0 Å². The van der Waals surface area contributed by atoms with Crippen molar-refractivity contribution in [2.24, 2.45) is 5.16 Å². The maximum absolute atomic E-state index is 9.11. The van der Waals surface area contributed by atoms with Gasteiger partial charge in [0.15, 0.2) is 0 Å². The zero-order chi connectivity index (χ0) is 12.1. The topological polar surface area (TPSA) is 45.5 Å². The van der Waals surface area contributed by atoms with Crippen LogP contribution in [0.1, 0.15) is 23.7 Å². The summed E-state index contributed by atoms with van der Waals surface area (Å²) in [6.45, 7) is 2.11. The largest absolute Gasteiger partial charge is 0.410 e. The van der Waals surface area contributed by atoms with Gasteiger partial charge in [0.2, 0.25) is 0 Å². The van der Waals surface area contributed by atoms with E-state index in [4.69, 9.17) is 5.21 Å². The van der Waals surface area contributed by atoms with Crippen LogP contribution in [-0.2, 0) is 6.42 Å². The average Bonchev–Trinajstić information content (AvgIpc) is 2.42. The first kappa shape index (κ1) is 11.3. The molecule has 1 N–H and O–H groups in total. The monoisotopic (exact) mass is 226 g/mol. The molecule has 1 aromatic heterocycles. The van der Waals surface area contributed by atoms with Gasteiger partial charge >= 0.3 is 0 Å². The predicted molar refractivity (Wildman–Crippen MR) is 67.5 cm³/mol. The third-order valence-electron chi connectivity index (χ3n) is 2.64. The Morgan fingerprint density at radius 3 is 2.47 bits per heavy atom. The summed E-state index contributed by atoms with van der Waals surface area (Å²) in [5.74, 6) is 0. The van der Waals surface area contributed by atoms with E-state index in [1.54, 1.807) is 6.20 Å². The molecule has 0 spiro atoms. The number of aromatic nitrogens is 1. The molecule has 0 bridgehead atoms. The molecule has 86 valence electrons. The summed E-state index contributed by atoms with van der Waals surface area (Å²) < 4.78 is 0. The SMILES string of the molecule is CCc1ccc(/C(=N/O)c2ccccn2)cc1. The van der Waals surface area contributed by atoms with Crippen LogP contribution < -0.4 is 0 Å². The van der Waals surface area contributed by atoms with Crippen LogP contribution in [0.15, 0.2) is 53.8 Å². The van der Waals surface area contributed by atoms with Gasteiger partial charge < -0.3 is 5.21 Å². The molecule has 0 radical (unpaired) electrons. The lowest BCUT2D eigenvalue weighted by molar-refractivity contribution is 0.319. The van der Waals surface area contributed by atoms with Crippen molar-refractivity contribution in [3.05, 3.63) is 65.5 Å². The lowest BCUT2D eigenvalue weighted by Gasteiger charge is -2.04. The van der Waals surface area contributed by atoms with E-state index in [9.17, 15) is 0 Å². The lowest BCUT2D eigenvalue weighted by atomic mass is 10.0. The summed E-state index contributed by atoms with van der Waals surface area (Å²) in [5, 5.41) is 12.4. The van der Waals surface area contributed by atoms with Crippen LogP contribution in [-0.4, -0.2) is 15.9 Å². The molecular weight excluding hydrogens is 212 g/mol. The Kier molecular flexibility index (Phi) is 3.50. The van der Waals surface area contributed by atoms with Crippen LogP contribution >= 0.6 is 0 Å². The van der Waals surface area contributed by atoms with Crippen molar-refractivity contribution in [3.63, 3.8) is 0 Å². The Labute approximate surface area is 100 Å². The first-order valence-corrected chi connectivity index (χ1v) is 5.58. The number of pyridine rings is 1. The van der Waals surface area contributed by atoms with Crippen LogP contribution in [0, 0.1) is 0 Å². The second kappa shape index (κ2) is 5.25. The molecule has 0 amide bonds. The summed E-state index contributed by atoms with van der Waals surface area (Å²) in [6, 6.07) is 13.5. The van der Waals surface area contributed by atoms with Gasteiger partial charge in [-0.05, 0) is 24.1 Å². The van der Waals surface area contributed by atoms with E-state index in [2.05, 4.69) is 17.1 Å². The lowest BCUT2D eigenvalue weighted by Crippen LogP contribution is -2.05. The van der Waals surface area contributed by atoms with Crippen LogP contribution in [0.4, 0.5) is 0 Å². The fraction of sp³-hybridized carbons (Fsp3) is 0.143. The summed E-state index contributed by atoms with van der Waals surface area (Å²) >= 11 is 0. The Morgan fingerprint density at radius 2 is 1.94 bits per heavy atom. The quantitative estimate of drug-likeness (QED) is 0.497. The highest BCUT2D eigenvalue weighted by molar-refractivity contribution is 6.11. The van der Waals surface area contributed by atoms with E-state index in [1.807, 2.05) is 42.5 Å². The van der Waals surface area contributed by atoms with Gasteiger partial charge in [0, 0.05) is 11.8 Å². The van der Waals surface area contributed by atoms with Crippen molar-refractivity contribution < 1.29 is 5.21 Å². The average molecular weight is 226 g/mol. The Balaban J connectivity index is 2.37. The molecule has 2 aromatic rings. The van der Waals surface area contributed by atoms with Gasteiger partial charge in [-0.15, -0.1) is 0 Å². The molecule has 3 nitrogen and oxygen atoms in total. The molecule has 0 fully saturated rings. The minimum atomic E-state index is 0.494. The van der Waals surface area contributed by atoms with Gasteiger partial charge in [-0.3, -0.25) is 4.98 Å². The fourth-order valence-corrected chi connectivity index (χ4v) is 1.66. The van der Waals surface area contributed by atoms with E-state index in [-0.39, 0.29) is 0 Å². The van der Waals surface area contributed by atoms with E-state index in [0.717, 1.165) is 12.0 Å². The third kappa shape index (κ3) is 2.50. The Bertz CT molecular complexity index is 504. The number of oxime groups is 1. The molecule has 1 aromatic carbocycles. The number of aryl methyl sites for hydroxylation is 1. The third-order valence-corrected chi connectivity index (χ3v) is 2.64. The molecule has 0 aliphatic heterocycles. The van der Waals surface area contributed by atoms with E-state index in [0.29, 0.717) is 11.4 Å². The Hall–Kier alpha value is -2.16. The number of nitrogens with zero attached hydrogens (tertiary/aromatic N) is 2. The van der Waals surface area contributed by atoms with Gasteiger partial charge in [-0.25, -0.2) is 0 Å². The van der Waals surface area contributed by atoms with Gasteiger partial charge in [0.1, 0.15) is 5.71 Å². The highest BCUT2D eigenvalue weighted by atomic mass is 16.4. The van der Waals surface area contributed by atoms with Gasteiger partial charge in [0.05, 0.1) is 5.69 Å². The second-order valence-corrected chi connectivity index (χ2v) is 3.71. The van der Waals surface area contributed by atoms with Crippen molar-refractivity contribution in [2.75, 3.05) is 0 Å². The first-order chi connectivity index (χ1) is 8.35. The molecular formula is C14H14N2O. The van der Waals surface area contributed by atoms with Gasteiger partial charge in [-0.2, -0.15) is 0 Å². The van der Waals surface area contributed by atoms with Crippen molar-refractivity contribution in [1.82, 2.24) is 4.98 Å². The minimum absolute atomic E-state index is 0.494. The number of benzene rings is 1. The summed E-state index contributed by atoms with van der Waals surface area (Å²) in [7, 11) is 0. The predicted octanol–water partition coefficient (Wildman–Crippen LogP) is 2.87. The molecule has 0 aliphatic rings. The van der Waals surface area contributed by atoms with Gasteiger partial charge in [-0.1, -0.05) is 42.4 Å². The summed E-state index contributed by atoms with van der Waals surface area (Å²) in [4.78, 5) is 4.18. The highest BCUT2D eigenvalue weighted by Crippen LogP contribution is 2.10. The summed E-state index contributed by atoms with van der Waals surface area (Å²) in [5.41, 5.74) is 3.28. The van der Waals surface area contributed by atoms with Gasteiger partial charge in [0.25, 0.3) is 0 Å². The van der Waals surface area contributed by atoms with Crippen LogP contribution in [0.5, 0.6) is 0 Å². The number of hydrogen-bond donors (Lipinski definition) is 1. The van der Waals surface area contributed by atoms with Crippen LogP contribution in [0.3, 0.4) is 0 Å². The maximum atomic E-state index is 9.11. The molecule has 0 unspecified atom stereocenters. The second-order valence-electron chi connectivity index (χ2n) is 3.71. The molecule has 17 heavy (non-hydrogen) atoms. The minimum Gasteiger partial charge on any atom is -0.410 e. The summed E-state index contributed by atoms with van der Waals surface area (Å²) in [6.07, 6.45) is 2.68. The highest BCUT2D eigenvalue weighted by Gasteiger charge is 2.08. The first-order valence-electron chi connectivity index (χ1n) is 5.58. The number of hydrogen-bond acceptors (Lipinski definition) is 3. The van der Waals surface area contributed by atoms with Crippen LogP contribution in [0.2, 0.25) is 0 Å². The Morgan fingerprint density at radius 1 is 1.18 bits per heavy atom. The molecule has 1 heterocycles. The molecule has 2 rings (SSSR count). The standard InChI is InChI=1S/C14H14N2O/c1-2-11-6-8-12(9-7-11)14(16-17)13-5-3-4-10-15-13/h3-10,17H,2H2,1H3/b16-14-. The zero-order valence-corrected chi connectivity index (χ0v) is 9.67. The van der Waals surface area contributed by atoms with Crippen molar-refractivity contribution in [1.29, 1.82) is 0 Å². The van der Waals surface area contributed by atoms with E-state index >= 15 is 0 Å².